The van der Waals surface area contributed by atoms with Crippen molar-refractivity contribution in [3.63, 3.8) is 0 Å². The predicted molar refractivity (Wildman–Crippen MR) is 84.0 cm³/mol. The van der Waals surface area contributed by atoms with Gasteiger partial charge in [-0.3, -0.25) is 4.79 Å². The van der Waals surface area contributed by atoms with Crippen LogP contribution in [0.5, 0.6) is 0 Å². The van der Waals surface area contributed by atoms with Crippen molar-refractivity contribution in [2.75, 3.05) is 19.6 Å². The molecule has 1 saturated heterocycles. The summed E-state index contributed by atoms with van der Waals surface area (Å²) in [6.07, 6.45) is 3.68. The number of hydrogen-bond acceptors (Lipinski definition) is 3. The highest BCUT2D eigenvalue weighted by molar-refractivity contribution is 9.10. The molecule has 0 spiro atoms. The quantitative estimate of drug-likeness (QED) is 0.902. The number of benzene rings is 1. The van der Waals surface area contributed by atoms with Crippen molar-refractivity contribution in [1.29, 1.82) is 0 Å². The minimum atomic E-state index is -0.0325. The molecule has 1 aromatic carbocycles. The summed E-state index contributed by atoms with van der Waals surface area (Å²) >= 11 is 3.40. The minimum Gasteiger partial charge on any atom is -0.336 e. The Morgan fingerprint density at radius 3 is 2.81 bits per heavy atom. The summed E-state index contributed by atoms with van der Waals surface area (Å²) in [7, 11) is 1.96. The van der Waals surface area contributed by atoms with Gasteiger partial charge in [-0.05, 0) is 24.3 Å². The van der Waals surface area contributed by atoms with Crippen LogP contribution in [-0.2, 0) is 7.05 Å². The van der Waals surface area contributed by atoms with E-state index in [1.165, 1.54) is 0 Å². The smallest absolute Gasteiger partial charge is 0.254 e. The average molecular weight is 349 g/mol. The fourth-order valence-electron chi connectivity index (χ4n) is 2.63. The third-order valence-corrected chi connectivity index (χ3v) is 4.28. The van der Waals surface area contributed by atoms with Crippen LogP contribution in [0.25, 0.3) is 0 Å². The molecule has 0 saturated carbocycles. The normalized spacial score (nSPS) is 18.8. The van der Waals surface area contributed by atoms with Crippen molar-refractivity contribution in [3.8, 4) is 0 Å². The summed E-state index contributed by atoms with van der Waals surface area (Å²) in [6, 6.07) is 7.46. The van der Waals surface area contributed by atoms with E-state index < -0.39 is 0 Å². The number of aromatic nitrogens is 2. The Balaban J connectivity index is 1.89. The number of rotatable bonds is 2. The van der Waals surface area contributed by atoms with Gasteiger partial charge in [0.1, 0.15) is 11.9 Å². The zero-order chi connectivity index (χ0) is 14.8. The monoisotopic (exact) mass is 348 g/mol. The van der Waals surface area contributed by atoms with Gasteiger partial charge in [0.15, 0.2) is 0 Å². The number of aryl methyl sites for hydroxylation is 1. The van der Waals surface area contributed by atoms with E-state index in [0.717, 1.165) is 23.4 Å². The highest BCUT2D eigenvalue weighted by Gasteiger charge is 2.30. The van der Waals surface area contributed by atoms with Gasteiger partial charge in [0, 0.05) is 49.1 Å². The molecular weight excluding hydrogens is 332 g/mol. The van der Waals surface area contributed by atoms with E-state index in [2.05, 4.69) is 26.2 Å². The number of halogens is 1. The molecule has 5 nitrogen and oxygen atoms in total. The Labute approximate surface area is 132 Å². The topological polar surface area (TPSA) is 50.2 Å². The van der Waals surface area contributed by atoms with Gasteiger partial charge in [-0.1, -0.05) is 15.9 Å². The molecule has 1 aromatic heterocycles. The van der Waals surface area contributed by atoms with Gasteiger partial charge in [-0.25, -0.2) is 4.98 Å². The molecule has 2 heterocycles. The highest BCUT2D eigenvalue weighted by Crippen LogP contribution is 2.23. The van der Waals surface area contributed by atoms with Gasteiger partial charge >= 0.3 is 0 Å². The standard InChI is InChI=1S/C15H17BrN4O/c1-19-8-7-18-14(19)13-10-17-6-9-20(13)15(21)11-2-4-12(16)5-3-11/h2-5,7-8,13,17H,6,9-10H2,1H3. The molecular formula is C15H17BrN4O. The first-order valence-corrected chi connectivity index (χ1v) is 7.70. The van der Waals surface area contributed by atoms with Crippen LogP contribution in [-0.4, -0.2) is 40.0 Å². The molecule has 0 radical (unpaired) electrons. The van der Waals surface area contributed by atoms with E-state index in [0.29, 0.717) is 12.1 Å². The van der Waals surface area contributed by atoms with Crippen LogP contribution in [0.15, 0.2) is 41.1 Å². The molecule has 1 aliphatic rings. The lowest BCUT2D eigenvalue weighted by Crippen LogP contribution is -2.49. The van der Waals surface area contributed by atoms with Crippen molar-refractivity contribution < 1.29 is 4.79 Å². The van der Waals surface area contributed by atoms with Crippen LogP contribution in [0.1, 0.15) is 22.2 Å². The molecule has 1 unspecified atom stereocenters. The maximum atomic E-state index is 12.8. The molecule has 1 N–H and O–H groups in total. The van der Waals surface area contributed by atoms with Crippen molar-refractivity contribution in [3.05, 3.63) is 52.5 Å². The zero-order valence-corrected chi connectivity index (χ0v) is 13.4. The number of carbonyl (C=O) groups is 1. The highest BCUT2D eigenvalue weighted by atomic mass is 79.9. The molecule has 1 aliphatic heterocycles. The fraction of sp³-hybridized carbons (Fsp3) is 0.333. The van der Waals surface area contributed by atoms with Gasteiger partial charge in [0.2, 0.25) is 0 Å². The summed E-state index contributed by atoms with van der Waals surface area (Å²) in [5.74, 6) is 0.963. The number of hydrogen-bond donors (Lipinski definition) is 1. The van der Waals surface area contributed by atoms with Gasteiger partial charge in [-0.2, -0.15) is 0 Å². The SMILES string of the molecule is Cn1ccnc1C1CNCCN1C(=O)c1ccc(Br)cc1. The summed E-state index contributed by atoms with van der Waals surface area (Å²) in [4.78, 5) is 19.1. The minimum absolute atomic E-state index is 0.0325. The third kappa shape index (κ3) is 2.87. The Morgan fingerprint density at radius 2 is 2.14 bits per heavy atom. The zero-order valence-electron chi connectivity index (χ0n) is 11.8. The predicted octanol–water partition coefficient (Wildman–Crippen LogP) is 1.97. The van der Waals surface area contributed by atoms with Crippen molar-refractivity contribution in [2.45, 2.75) is 6.04 Å². The van der Waals surface area contributed by atoms with E-state index in [4.69, 9.17) is 0 Å². The number of amides is 1. The molecule has 110 valence electrons. The molecule has 1 fully saturated rings. The molecule has 1 amide bonds. The number of carbonyl (C=O) groups excluding carboxylic acids is 1. The summed E-state index contributed by atoms with van der Waals surface area (Å²) < 4.78 is 2.94. The lowest BCUT2D eigenvalue weighted by molar-refractivity contribution is 0.0621. The second-order valence-electron chi connectivity index (χ2n) is 5.12. The van der Waals surface area contributed by atoms with E-state index in [-0.39, 0.29) is 11.9 Å². The molecule has 21 heavy (non-hydrogen) atoms. The van der Waals surface area contributed by atoms with Crippen LogP contribution in [0.4, 0.5) is 0 Å². The van der Waals surface area contributed by atoms with Crippen LogP contribution in [0, 0.1) is 0 Å². The molecule has 0 bridgehead atoms. The molecule has 0 aliphatic carbocycles. The maximum absolute atomic E-state index is 12.8. The Kier molecular flexibility index (Phi) is 4.07. The van der Waals surface area contributed by atoms with Gasteiger partial charge in [-0.15, -0.1) is 0 Å². The van der Waals surface area contributed by atoms with E-state index in [9.17, 15) is 4.79 Å². The summed E-state index contributed by atoms with van der Waals surface area (Å²) in [5.41, 5.74) is 0.708. The fourth-order valence-corrected chi connectivity index (χ4v) is 2.90. The van der Waals surface area contributed by atoms with Crippen molar-refractivity contribution >= 4 is 21.8 Å². The second-order valence-corrected chi connectivity index (χ2v) is 6.04. The maximum Gasteiger partial charge on any atom is 0.254 e. The molecule has 3 rings (SSSR count). The van der Waals surface area contributed by atoms with Crippen molar-refractivity contribution in [1.82, 2.24) is 19.8 Å². The molecule has 2 aromatic rings. The Bertz CT molecular complexity index is 637. The Hall–Kier alpha value is -1.66. The number of nitrogens with zero attached hydrogens (tertiary/aromatic N) is 3. The van der Waals surface area contributed by atoms with Gasteiger partial charge in [0.25, 0.3) is 5.91 Å². The first-order chi connectivity index (χ1) is 10.2. The number of imidazole rings is 1. The van der Waals surface area contributed by atoms with Crippen LogP contribution >= 0.6 is 15.9 Å². The largest absolute Gasteiger partial charge is 0.336 e. The van der Waals surface area contributed by atoms with E-state index >= 15 is 0 Å². The molecule has 1 atom stereocenters. The van der Waals surface area contributed by atoms with Crippen LogP contribution < -0.4 is 5.32 Å². The number of piperazine rings is 1. The lowest BCUT2D eigenvalue weighted by atomic mass is 10.1. The van der Waals surface area contributed by atoms with Gasteiger partial charge in [0.05, 0.1) is 0 Å². The first kappa shape index (κ1) is 14.3. The lowest BCUT2D eigenvalue weighted by Gasteiger charge is -2.35. The first-order valence-electron chi connectivity index (χ1n) is 6.91. The number of nitrogens with one attached hydrogen (secondary N) is 1. The third-order valence-electron chi connectivity index (χ3n) is 3.75. The van der Waals surface area contributed by atoms with Gasteiger partial charge < -0.3 is 14.8 Å². The Morgan fingerprint density at radius 1 is 1.38 bits per heavy atom. The average Bonchev–Trinajstić information content (AvgIpc) is 2.93. The van der Waals surface area contributed by atoms with Crippen LogP contribution in [0.3, 0.4) is 0 Å². The second kappa shape index (κ2) is 5.99. The van der Waals surface area contributed by atoms with Crippen LogP contribution in [0.2, 0.25) is 0 Å². The van der Waals surface area contributed by atoms with E-state index in [1.807, 2.05) is 47.0 Å². The summed E-state index contributed by atoms with van der Waals surface area (Å²) in [6.45, 7) is 2.22. The summed E-state index contributed by atoms with van der Waals surface area (Å²) in [5, 5.41) is 3.34. The van der Waals surface area contributed by atoms with E-state index in [1.54, 1.807) is 6.20 Å². The molecule has 6 heteroatoms. The van der Waals surface area contributed by atoms with Crippen molar-refractivity contribution in [2.24, 2.45) is 7.05 Å².